The van der Waals surface area contributed by atoms with Crippen molar-refractivity contribution >= 4 is 21.8 Å². The molecule has 33 heavy (non-hydrogen) atoms. The number of amides is 2. The topological polar surface area (TPSA) is 86.8 Å². The lowest BCUT2D eigenvalue weighted by Crippen LogP contribution is -2.53. The van der Waals surface area contributed by atoms with Crippen molar-refractivity contribution in [3.63, 3.8) is 0 Å². The maximum Gasteiger partial charge on any atom is 0.243 e. The third-order valence-electron chi connectivity index (χ3n) is 5.67. The summed E-state index contributed by atoms with van der Waals surface area (Å²) >= 11 is 0. The molecule has 0 heterocycles. The minimum Gasteiger partial charge on any atom is -0.352 e. The molecule has 0 aliphatic rings. The molecule has 0 spiro atoms. The summed E-state index contributed by atoms with van der Waals surface area (Å²) in [4.78, 5) is 28.0. The minimum absolute atomic E-state index is 0.0233. The molecular formula is C25H35N3O4S. The van der Waals surface area contributed by atoms with Crippen LogP contribution in [0.15, 0.2) is 59.5 Å². The molecule has 180 valence electrons. The smallest absolute Gasteiger partial charge is 0.243 e. The van der Waals surface area contributed by atoms with Crippen molar-refractivity contribution in [2.45, 2.75) is 64.1 Å². The van der Waals surface area contributed by atoms with Crippen molar-refractivity contribution in [1.29, 1.82) is 0 Å². The van der Waals surface area contributed by atoms with Gasteiger partial charge in [0.25, 0.3) is 0 Å². The van der Waals surface area contributed by atoms with Crippen LogP contribution in [0.3, 0.4) is 0 Å². The first-order valence-electron chi connectivity index (χ1n) is 11.3. The summed E-state index contributed by atoms with van der Waals surface area (Å²) in [5, 5.41) is 2.95. The van der Waals surface area contributed by atoms with Gasteiger partial charge in [-0.25, -0.2) is 8.42 Å². The van der Waals surface area contributed by atoms with Crippen molar-refractivity contribution in [2.24, 2.45) is 0 Å². The predicted octanol–water partition coefficient (Wildman–Crippen LogP) is 3.34. The summed E-state index contributed by atoms with van der Waals surface area (Å²) in [6.45, 7) is 7.46. The van der Waals surface area contributed by atoms with E-state index in [1.807, 2.05) is 58.0 Å². The van der Waals surface area contributed by atoms with Gasteiger partial charge in [0.05, 0.1) is 11.4 Å². The SMILES string of the molecule is CC[C@H](C(=O)N[C@@H](C)CC)N(Cc1ccccc1)C(=O)CN(C)S(=O)(=O)c1ccc(C)cc1. The summed E-state index contributed by atoms with van der Waals surface area (Å²) < 4.78 is 27.0. The number of nitrogens with zero attached hydrogens (tertiary/aromatic N) is 2. The monoisotopic (exact) mass is 473 g/mol. The van der Waals surface area contributed by atoms with Gasteiger partial charge >= 0.3 is 0 Å². The van der Waals surface area contributed by atoms with E-state index in [9.17, 15) is 18.0 Å². The minimum atomic E-state index is -3.85. The standard InChI is InChI=1S/C25H35N3O4S/c1-6-20(4)26-25(30)23(7-2)28(17-21-11-9-8-10-12-21)24(29)18-27(5)33(31,32)22-15-13-19(3)14-16-22/h8-16,20,23H,6-7,17-18H2,1-5H3,(H,26,30)/t20-,23+/m0/s1. The Bertz CT molecular complexity index is 1020. The Morgan fingerprint density at radius 1 is 0.970 bits per heavy atom. The molecule has 2 rings (SSSR count). The lowest BCUT2D eigenvalue weighted by molar-refractivity contribution is -0.141. The summed E-state index contributed by atoms with van der Waals surface area (Å²) in [7, 11) is -2.46. The average molecular weight is 474 g/mol. The van der Waals surface area contributed by atoms with Crippen molar-refractivity contribution in [2.75, 3.05) is 13.6 Å². The van der Waals surface area contributed by atoms with Crippen LogP contribution in [0.2, 0.25) is 0 Å². The number of likely N-dealkylation sites (N-methyl/N-ethyl adjacent to an activating group) is 1. The average Bonchev–Trinajstić information content (AvgIpc) is 2.79. The van der Waals surface area contributed by atoms with E-state index in [0.717, 1.165) is 21.9 Å². The van der Waals surface area contributed by atoms with Crippen molar-refractivity contribution in [3.05, 3.63) is 65.7 Å². The summed E-state index contributed by atoms with van der Waals surface area (Å²) in [6.07, 6.45) is 1.18. The van der Waals surface area contributed by atoms with Crippen molar-refractivity contribution < 1.29 is 18.0 Å². The van der Waals surface area contributed by atoms with Crippen molar-refractivity contribution in [3.8, 4) is 0 Å². The summed E-state index contributed by atoms with van der Waals surface area (Å²) in [5.41, 5.74) is 1.81. The Kier molecular flexibility index (Phi) is 9.61. The van der Waals surface area contributed by atoms with Crippen LogP contribution < -0.4 is 5.32 Å². The van der Waals surface area contributed by atoms with E-state index in [2.05, 4.69) is 5.32 Å². The van der Waals surface area contributed by atoms with Crippen LogP contribution in [0.25, 0.3) is 0 Å². The molecular weight excluding hydrogens is 438 g/mol. The van der Waals surface area contributed by atoms with Gasteiger partial charge in [0.1, 0.15) is 6.04 Å². The fraction of sp³-hybridized carbons (Fsp3) is 0.440. The Hall–Kier alpha value is -2.71. The van der Waals surface area contributed by atoms with Crippen LogP contribution in [0, 0.1) is 6.92 Å². The van der Waals surface area contributed by atoms with Gasteiger partial charge in [-0.1, -0.05) is 61.9 Å². The van der Waals surface area contributed by atoms with E-state index >= 15 is 0 Å². The van der Waals surface area contributed by atoms with Gasteiger partial charge in [0.2, 0.25) is 21.8 Å². The Morgan fingerprint density at radius 3 is 2.12 bits per heavy atom. The molecule has 0 bridgehead atoms. The van der Waals surface area contributed by atoms with Gasteiger partial charge in [-0.15, -0.1) is 0 Å². The Balaban J connectivity index is 2.29. The summed E-state index contributed by atoms with van der Waals surface area (Å²) in [5.74, 6) is -0.664. The molecule has 0 unspecified atom stereocenters. The molecule has 7 nitrogen and oxygen atoms in total. The molecule has 0 aliphatic heterocycles. The van der Waals surface area contributed by atoms with Crippen LogP contribution in [0.4, 0.5) is 0 Å². The highest BCUT2D eigenvalue weighted by atomic mass is 32.2. The number of hydrogen-bond acceptors (Lipinski definition) is 4. The van der Waals surface area contributed by atoms with Gasteiger partial charge in [-0.05, 0) is 44.4 Å². The van der Waals surface area contributed by atoms with E-state index in [1.165, 1.54) is 24.1 Å². The Labute approximate surface area is 197 Å². The van der Waals surface area contributed by atoms with Gasteiger partial charge in [0, 0.05) is 19.6 Å². The second-order valence-electron chi connectivity index (χ2n) is 8.32. The summed E-state index contributed by atoms with van der Waals surface area (Å²) in [6, 6.07) is 15.1. The van der Waals surface area contributed by atoms with Crippen molar-refractivity contribution in [1.82, 2.24) is 14.5 Å². The molecule has 2 amide bonds. The second kappa shape index (κ2) is 12.0. The zero-order valence-corrected chi connectivity index (χ0v) is 20.9. The number of carbonyl (C=O) groups is 2. The van der Waals surface area contributed by atoms with E-state index < -0.39 is 22.0 Å². The highest BCUT2D eigenvalue weighted by molar-refractivity contribution is 7.89. The molecule has 0 saturated carbocycles. The van der Waals surface area contributed by atoms with Crippen LogP contribution in [0.1, 0.15) is 44.7 Å². The maximum atomic E-state index is 13.4. The maximum absolute atomic E-state index is 13.4. The number of carbonyl (C=O) groups excluding carboxylic acids is 2. The van der Waals surface area contributed by atoms with E-state index in [-0.39, 0.29) is 29.9 Å². The zero-order chi connectivity index (χ0) is 24.6. The first-order valence-corrected chi connectivity index (χ1v) is 12.7. The van der Waals surface area contributed by atoms with E-state index in [0.29, 0.717) is 6.42 Å². The van der Waals surface area contributed by atoms with Gasteiger partial charge in [-0.3, -0.25) is 9.59 Å². The molecule has 0 aliphatic carbocycles. The third kappa shape index (κ3) is 7.14. The number of aryl methyl sites for hydroxylation is 1. The molecule has 0 fully saturated rings. The number of sulfonamides is 1. The van der Waals surface area contributed by atoms with Crippen LogP contribution in [-0.4, -0.2) is 55.1 Å². The normalized spacial score (nSPS) is 13.4. The number of hydrogen-bond donors (Lipinski definition) is 1. The highest BCUT2D eigenvalue weighted by Gasteiger charge is 2.32. The molecule has 1 N–H and O–H groups in total. The number of nitrogens with one attached hydrogen (secondary N) is 1. The van der Waals surface area contributed by atoms with Gasteiger partial charge in [0.15, 0.2) is 0 Å². The fourth-order valence-corrected chi connectivity index (χ4v) is 4.52. The van der Waals surface area contributed by atoms with E-state index in [1.54, 1.807) is 12.1 Å². The molecule has 0 aromatic heterocycles. The van der Waals surface area contributed by atoms with Crippen LogP contribution >= 0.6 is 0 Å². The first-order chi connectivity index (χ1) is 15.6. The predicted molar refractivity (Wildman–Crippen MR) is 130 cm³/mol. The molecule has 2 aromatic rings. The lowest BCUT2D eigenvalue weighted by Gasteiger charge is -2.32. The third-order valence-corrected chi connectivity index (χ3v) is 7.49. The molecule has 0 radical (unpaired) electrons. The highest BCUT2D eigenvalue weighted by Crippen LogP contribution is 2.17. The number of benzene rings is 2. The Morgan fingerprint density at radius 2 is 1.58 bits per heavy atom. The largest absolute Gasteiger partial charge is 0.352 e. The molecule has 0 saturated heterocycles. The first kappa shape index (κ1) is 26.5. The fourth-order valence-electron chi connectivity index (χ4n) is 3.40. The molecule has 8 heteroatoms. The van der Waals surface area contributed by atoms with Crippen LogP contribution in [-0.2, 0) is 26.2 Å². The van der Waals surface area contributed by atoms with Gasteiger partial charge in [-0.2, -0.15) is 4.31 Å². The lowest BCUT2D eigenvalue weighted by atomic mass is 10.1. The number of rotatable bonds is 11. The zero-order valence-electron chi connectivity index (χ0n) is 20.1. The van der Waals surface area contributed by atoms with E-state index in [4.69, 9.17) is 0 Å². The quantitative estimate of drug-likeness (QED) is 0.542. The van der Waals surface area contributed by atoms with Crippen LogP contribution in [0.5, 0.6) is 0 Å². The molecule has 2 atom stereocenters. The second-order valence-corrected chi connectivity index (χ2v) is 10.4. The molecule has 2 aromatic carbocycles. The van der Waals surface area contributed by atoms with Gasteiger partial charge < -0.3 is 10.2 Å².